The Morgan fingerprint density at radius 3 is 2.63 bits per heavy atom. The van der Waals surface area contributed by atoms with Gasteiger partial charge in [0.05, 0.1) is 11.8 Å². The van der Waals surface area contributed by atoms with Gasteiger partial charge in [-0.05, 0) is 56.5 Å². The fraction of sp³-hybridized carbons (Fsp3) is 0.400. The van der Waals surface area contributed by atoms with Crippen LogP contribution in [0.4, 0.5) is 0 Å². The number of likely N-dealkylation sites (tertiary alicyclic amines) is 1. The summed E-state index contributed by atoms with van der Waals surface area (Å²) in [5.41, 5.74) is 5.87. The number of imidazole rings is 1. The largest absolute Gasteiger partial charge is 0.362 e. The standard InChI is InChI=1S/C25H28ClN3O/c1-17-23(19-7-5-8-20(26)16-19)27-25-24(30-21-11-13-28(2)14-12-21)22-9-4-3-6-18(22)10-15-29(17)25/h3-9,16,21,24H,10-15H2,1-2H3. The van der Waals surface area contributed by atoms with Crippen LogP contribution in [0.2, 0.25) is 5.02 Å². The first-order valence-corrected chi connectivity index (χ1v) is 11.2. The van der Waals surface area contributed by atoms with Gasteiger partial charge < -0.3 is 14.2 Å². The molecular weight excluding hydrogens is 394 g/mol. The highest BCUT2D eigenvalue weighted by molar-refractivity contribution is 6.30. The van der Waals surface area contributed by atoms with Crippen molar-refractivity contribution in [2.24, 2.45) is 0 Å². The minimum absolute atomic E-state index is 0.135. The molecule has 3 heterocycles. The molecule has 2 aliphatic rings. The Labute approximate surface area is 183 Å². The first-order valence-electron chi connectivity index (χ1n) is 10.8. The molecular formula is C25H28ClN3O. The van der Waals surface area contributed by atoms with Crippen LogP contribution in [0.5, 0.6) is 0 Å². The Balaban J connectivity index is 1.58. The van der Waals surface area contributed by atoms with E-state index in [4.69, 9.17) is 21.3 Å². The maximum Gasteiger partial charge on any atom is 0.143 e. The predicted octanol–water partition coefficient (Wildman–Crippen LogP) is 5.27. The van der Waals surface area contributed by atoms with E-state index in [1.807, 2.05) is 18.2 Å². The van der Waals surface area contributed by atoms with Crippen molar-refractivity contribution in [1.82, 2.24) is 14.5 Å². The molecule has 5 heteroatoms. The Morgan fingerprint density at radius 2 is 1.83 bits per heavy atom. The Bertz CT molecular complexity index is 1050. The summed E-state index contributed by atoms with van der Waals surface area (Å²) in [6, 6.07) is 16.7. The monoisotopic (exact) mass is 421 g/mol. The van der Waals surface area contributed by atoms with Gasteiger partial charge in [-0.15, -0.1) is 0 Å². The van der Waals surface area contributed by atoms with Crippen LogP contribution >= 0.6 is 11.6 Å². The summed E-state index contributed by atoms with van der Waals surface area (Å²) in [4.78, 5) is 7.53. The zero-order valence-electron chi connectivity index (χ0n) is 17.6. The molecule has 1 unspecified atom stereocenters. The van der Waals surface area contributed by atoms with E-state index in [1.54, 1.807) is 0 Å². The molecule has 1 fully saturated rings. The van der Waals surface area contributed by atoms with E-state index in [2.05, 4.69) is 53.8 Å². The van der Waals surface area contributed by atoms with Gasteiger partial charge in [0.25, 0.3) is 0 Å². The molecule has 156 valence electrons. The molecule has 0 N–H and O–H groups in total. The van der Waals surface area contributed by atoms with Gasteiger partial charge in [-0.1, -0.05) is 48.0 Å². The Hall–Kier alpha value is -2.14. The average Bonchev–Trinajstić information content (AvgIpc) is 2.99. The van der Waals surface area contributed by atoms with Gasteiger partial charge in [-0.25, -0.2) is 4.98 Å². The van der Waals surface area contributed by atoms with Crippen LogP contribution in [0, 0.1) is 6.92 Å². The molecule has 1 aromatic heterocycles. The van der Waals surface area contributed by atoms with E-state index in [1.165, 1.54) is 16.8 Å². The number of aromatic nitrogens is 2. The number of piperidine rings is 1. The van der Waals surface area contributed by atoms with E-state index < -0.39 is 0 Å². The molecule has 0 bridgehead atoms. The minimum Gasteiger partial charge on any atom is -0.362 e. The molecule has 4 nitrogen and oxygen atoms in total. The third-order valence-electron chi connectivity index (χ3n) is 6.52. The quantitative estimate of drug-likeness (QED) is 0.577. The highest BCUT2D eigenvalue weighted by Crippen LogP contribution is 2.37. The predicted molar refractivity (Wildman–Crippen MR) is 121 cm³/mol. The molecule has 0 saturated carbocycles. The van der Waals surface area contributed by atoms with Crippen LogP contribution in [-0.2, 0) is 17.7 Å². The van der Waals surface area contributed by atoms with Gasteiger partial charge in [0.2, 0.25) is 0 Å². The summed E-state index contributed by atoms with van der Waals surface area (Å²) >= 11 is 6.27. The van der Waals surface area contributed by atoms with E-state index in [0.717, 1.165) is 61.0 Å². The van der Waals surface area contributed by atoms with Crippen molar-refractivity contribution in [2.75, 3.05) is 20.1 Å². The highest BCUT2D eigenvalue weighted by atomic mass is 35.5. The van der Waals surface area contributed by atoms with E-state index in [0.29, 0.717) is 0 Å². The lowest BCUT2D eigenvalue weighted by Crippen LogP contribution is -2.35. The molecule has 2 aliphatic heterocycles. The van der Waals surface area contributed by atoms with E-state index >= 15 is 0 Å². The number of benzene rings is 2. The molecule has 3 aromatic rings. The van der Waals surface area contributed by atoms with E-state index in [-0.39, 0.29) is 12.2 Å². The second-order valence-electron chi connectivity index (χ2n) is 8.53. The number of hydrogen-bond donors (Lipinski definition) is 0. The lowest BCUT2D eigenvalue weighted by molar-refractivity contribution is -0.0276. The van der Waals surface area contributed by atoms with Gasteiger partial charge >= 0.3 is 0 Å². The second kappa shape index (κ2) is 8.18. The van der Waals surface area contributed by atoms with Crippen molar-refractivity contribution in [2.45, 2.75) is 44.9 Å². The highest BCUT2D eigenvalue weighted by Gasteiger charge is 2.32. The van der Waals surface area contributed by atoms with Gasteiger partial charge in [-0.2, -0.15) is 0 Å². The number of ether oxygens (including phenoxy) is 1. The minimum atomic E-state index is -0.135. The molecule has 5 rings (SSSR count). The first kappa shape index (κ1) is 19.8. The molecule has 0 aliphatic carbocycles. The van der Waals surface area contributed by atoms with Crippen molar-refractivity contribution in [3.8, 4) is 11.3 Å². The topological polar surface area (TPSA) is 30.3 Å². The smallest absolute Gasteiger partial charge is 0.143 e. The fourth-order valence-corrected chi connectivity index (χ4v) is 4.97. The summed E-state index contributed by atoms with van der Waals surface area (Å²) in [6.07, 6.45) is 3.25. The number of halogens is 1. The zero-order chi connectivity index (χ0) is 20.7. The summed E-state index contributed by atoms with van der Waals surface area (Å²) in [5.74, 6) is 1.02. The van der Waals surface area contributed by atoms with Crippen molar-refractivity contribution >= 4 is 11.6 Å². The first-order chi connectivity index (χ1) is 14.6. The number of hydrogen-bond acceptors (Lipinski definition) is 3. The molecule has 1 atom stereocenters. The maximum atomic E-state index is 6.81. The maximum absolute atomic E-state index is 6.81. The van der Waals surface area contributed by atoms with Crippen LogP contribution in [0.25, 0.3) is 11.3 Å². The molecule has 0 radical (unpaired) electrons. The molecule has 30 heavy (non-hydrogen) atoms. The van der Waals surface area contributed by atoms with Crippen molar-refractivity contribution in [1.29, 1.82) is 0 Å². The lowest BCUT2D eigenvalue weighted by Gasteiger charge is -2.32. The molecule has 0 spiro atoms. The van der Waals surface area contributed by atoms with Gasteiger partial charge in [-0.3, -0.25) is 0 Å². The van der Waals surface area contributed by atoms with Crippen molar-refractivity contribution in [3.05, 3.63) is 76.2 Å². The average molecular weight is 422 g/mol. The number of rotatable bonds is 3. The van der Waals surface area contributed by atoms with Gasteiger partial charge in [0.1, 0.15) is 11.9 Å². The summed E-state index contributed by atoms with van der Waals surface area (Å²) in [7, 11) is 2.19. The number of aryl methyl sites for hydroxylation is 1. The van der Waals surface area contributed by atoms with Crippen molar-refractivity contribution in [3.63, 3.8) is 0 Å². The summed E-state index contributed by atoms with van der Waals surface area (Å²) in [5, 5.41) is 0.736. The fourth-order valence-electron chi connectivity index (χ4n) is 4.78. The molecule has 0 amide bonds. The lowest BCUT2D eigenvalue weighted by atomic mass is 10.00. The third-order valence-corrected chi connectivity index (χ3v) is 6.75. The van der Waals surface area contributed by atoms with Crippen molar-refractivity contribution < 1.29 is 4.74 Å². The normalized spacial score (nSPS) is 19.9. The second-order valence-corrected chi connectivity index (χ2v) is 8.97. The van der Waals surface area contributed by atoms with E-state index in [9.17, 15) is 0 Å². The number of nitrogens with zero attached hydrogens (tertiary/aromatic N) is 3. The van der Waals surface area contributed by atoms with Crippen LogP contribution in [0.15, 0.2) is 48.5 Å². The number of fused-ring (bicyclic) bond motifs is 2. The Kier molecular flexibility index (Phi) is 5.40. The summed E-state index contributed by atoms with van der Waals surface area (Å²) in [6.45, 7) is 5.24. The van der Waals surface area contributed by atoms with Gasteiger partial charge in [0, 0.05) is 35.9 Å². The third kappa shape index (κ3) is 3.68. The van der Waals surface area contributed by atoms with Crippen LogP contribution < -0.4 is 0 Å². The van der Waals surface area contributed by atoms with Gasteiger partial charge in [0.15, 0.2) is 0 Å². The van der Waals surface area contributed by atoms with Crippen LogP contribution in [0.1, 0.15) is 41.6 Å². The molecule has 1 saturated heterocycles. The molecule has 2 aromatic carbocycles. The zero-order valence-corrected chi connectivity index (χ0v) is 18.4. The van der Waals surface area contributed by atoms with Crippen LogP contribution in [0.3, 0.4) is 0 Å². The summed E-state index contributed by atoms with van der Waals surface area (Å²) < 4.78 is 9.16. The Morgan fingerprint density at radius 1 is 1.03 bits per heavy atom. The van der Waals surface area contributed by atoms with Crippen LogP contribution in [-0.4, -0.2) is 40.7 Å². The SMILES string of the molecule is Cc1c(-c2cccc(Cl)c2)nc2n1CCc1ccccc1C2OC1CCN(C)CC1.